The van der Waals surface area contributed by atoms with E-state index in [9.17, 15) is 9.18 Å². The van der Waals surface area contributed by atoms with Crippen LogP contribution in [0.2, 0.25) is 0 Å². The molecule has 1 aromatic heterocycles. The normalized spacial score (nSPS) is 10.3. The fourth-order valence-corrected chi connectivity index (χ4v) is 1.44. The Morgan fingerprint density at radius 2 is 2.00 bits per heavy atom. The molecular weight excluding hydrogens is 195 g/mol. The first-order chi connectivity index (χ1) is 7.20. The van der Waals surface area contributed by atoms with E-state index in [2.05, 4.69) is 5.10 Å². The molecule has 76 valence electrons. The lowest BCUT2D eigenvalue weighted by molar-refractivity contribution is 0.111. The Morgan fingerprint density at radius 3 is 2.60 bits per heavy atom. The zero-order valence-electron chi connectivity index (χ0n) is 8.14. The predicted octanol–water partition coefficient (Wildman–Crippen LogP) is 2.04. The fourth-order valence-electron chi connectivity index (χ4n) is 1.44. The van der Waals surface area contributed by atoms with Crippen LogP contribution in [0.15, 0.2) is 30.5 Å². The van der Waals surface area contributed by atoms with Gasteiger partial charge in [-0.3, -0.25) is 9.48 Å². The molecule has 3 nitrogen and oxygen atoms in total. The first-order valence-electron chi connectivity index (χ1n) is 4.45. The summed E-state index contributed by atoms with van der Waals surface area (Å²) in [4.78, 5) is 10.7. The summed E-state index contributed by atoms with van der Waals surface area (Å²) in [7, 11) is 1.74. The SMILES string of the molecule is Cn1cc(-c2ccc(F)cc2)c(C=O)n1. The molecule has 1 aromatic carbocycles. The number of carbonyl (C=O) groups excluding carboxylic acids is 1. The molecule has 0 aliphatic carbocycles. The van der Waals surface area contributed by atoms with Gasteiger partial charge in [0.15, 0.2) is 6.29 Å². The van der Waals surface area contributed by atoms with Gasteiger partial charge in [-0.15, -0.1) is 0 Å². The third kappa shape index (κ3) is 1.79. The first-order valence-corrected chi connectivity index (χ1v) is 4.45. The second-order valence-corrected chi connectivity index (χ2v) is 3.23. The quantitative estimate of drug-likeness (QED) is 0.701. The maximum Gasteiger partial charge on any atom is 0.170 e. The van der Waals surface area contributed by atoms with Gasteiger partial charge in [0.25, 0.3) is 0 Å². The highest BCUT2D eigenvalue weighted by molar-refractivity contribution is 5.84. The van der Waals surface area contributed by atoms with Gasteiger partial charge >= 0.3 is 0 Å². The van der Waals surface area contributed by atoms with Crippen LogP contribution in [0, 0.1) is 5.82 Å². The van der Waals surface area contributed by atoms with Gasteiger partial charge in [-0.05, 0) is 17.7 Å². The number of hydrogen-bond acceptors (Lipinski definition) is 2. The highest BCUT2D eigenvalue weighted by Gasteiger charge is 2.08. The van der Waals surface area contributed by atoms with Crippen molar-refractivity contribution in [1.29, 1.82) is 0 Å². The molecule has 0 aliphatic heterocycles. The van der Waals surface area contributed by atoms with Crippen LogP contribution in [0.1, 0.15) is 10.5 Å². The van der Waals surface area contributed by atoms with E-state index in [0.29, 0.717) is 17.5 Å². The van der Waals surface area contributed by atoms with Crippen molar-refractivity contribution in [2.75, 3.05) is 0 Å². The highest BCUT2D eigenvalue weighted by Crippen LogP contribution is 2.21. The number of aryl methyl sites for hydroxylation is 1. The minimum atomic E-state index is -0.296. The molecule has 4 heteroatoms. The molecule has 0 saturated carbocycles. The van der Waals surface area contributed by atoms with Crippen LogP contribution < -0.4 is 0 Å². The number of rotatable bonds is 2. The third-order valence-corrected chi connectivity index (χ3v) is 2.12. The van der Waals surface area contributed by atoms with E-state index in [1.165, 1.54) is 12.1 Å². The van der Waals surface area contributed by atoms with E-state index < -0.39 is 0 Å². The summed E-state index contributed by atoms with van der Waals surface area (Å²) in [6.45, 7) is 0. The summed E-state index contributed by atoms with van der Waals surface area (Å²) in [6.07, 6.45) is 2.43. The van der Waals surface area contributed by atoms with Gasteiger partial charge < -0.3 is 0 Å². The Hall–Kier alpha value is -1.97. The zero-order chi connectivity index (χ0) is 10.8. The Kier molecular flexibility index (Phi) is 2.33. The zero-order valence-corrected chi connectivity index (χ0v) is 8.14. The molecule has 0 fully saturated rings. The molecule has 0 radical (unpaired) electrons. The lowest BCUT2D eigenvalue weighted by Crippen LogP contribution is -1.89. The lowest BCUT2D eigenvalue weighted by atomic mass is 10.1. The van der Waals surface area contributed by atoms with E-state index in [1.54, 1.807) is 30.1 Å². The summed E-state index contributed by atoms with van der Waals surface area (Å²) in [5.74, 6) is -0.296. The lowest BCUT2D eigenvalue weighted by Gasteiger charge is -1.97. The second-order valence-electron chi connectivity index (χ2n) is 3.23. The minimum Gasteiger partial charge on any atom is -0.296 e. The Morgan fingerprint density at radius 1 is 1.33 bits per heavy atom. The molecular formula is C11H9FN2O. The Labute approximate surface area is 86.2 Å². The van der Waals surface area contributed by atoms with Gasteiger partial charge in [0.2, 0.25) is 0 Å². The van der Waals surface area contributed by atoms with Crippen molar-refractivity contribution in [1.82, 2.24) is 9.78 Å². The van der Waals surface area contributed by atoms with E-state index >= 15 is 0 Å². The molecule has 1 heterocycles. The van der Waals surface area contributed by atoms with Crippen LogP contribution in [-0.2, 0) is 7.05 Å². The summed E-state index contributed by atoms with van der Waals surface area (Å²) in [6, 6.07) is 5.96. The minimum absolute atomic E-state index is 0.296. The molecule has 0 atom stereocenters. The van der Waals surface area contributed by atoms with Crippen molar-refractivity contribution >= 4 is 6.29 Å². The van der Waals surface area contributed by atoms with E-state index in [4.69, 9.17) is 0 Å². The van der Waals surface area contributed by atoms with Crippen molar-refractivity contribution in [3.05, 3.63) is 42.0 Å². The second kappa shape index (κ2) is 3.65. The summed E-state index contributed by atoms with van der Waals surface area (Å²) >= 11 is 0. The smallest absolute Gasteiger partial charge is 0.170 e. The van der Waals surface area contributed by atoms with E-state index in [1.807, 2.05) is 0 Å². The Balaban J connectivity index is 2.52. The first kappa shape index (κ1) is 9.58. The van der Waals surface area contributed by atoms with Crippen LogP contribution in [0.4, 0.5) is 4.39 Å². The van der Waals surface area contributed by atoms with Crippen molar-refractivity contribution in [3.8, 4) is 11.1 Å². The van der Waals surface area contributed by atoms with E-state index in [-0.39, 0.29) is 5.82 Å². The number of nitrogens with zero attached hydrogens (tertiary/aromatic N) is 2. The standard InChI is InChI=1S/C11H9FN2O/c1-14-6-10(11(7-15)13-14)8-2-4-9(12)5-3-8/h2-7H,1H3. The molecule has 2 aromatic rings. The monoisotopic (exact) mass is 204 g/mol. The fraction of sp³-hybridized carbons (Fsp3) is 0.0909. The van der Waals surface area contributed by atoms with Crippen LogP contribution in [0.5, 0.6) is 0 Å². The molecule has 15 heavy (non-hydrogen) atoms. The Bertz CT molecular complexity index is 488. The molecule has 0 unspecified atom stereocenters. The number of aromatic nitrogens is 2. The van der Waals surface area contributed by atoms with Crippen molar-refractivity contribution in [2.45, 2.75) is 0 Å². The number of carbonyl (C=O) groups is 1. The van der Waals surface area contributed by atoms with Gasteiger partial charge in [-0.25, -0.2) is 4.39 Å². The van der Waals surface area contributed by atoms with Gasteiger partial charge in [0.05, 0.1) is 0 Å². The maximum absolute atomic E-state index is 12.7. The summed E-state index contributed by atoms with van der Waals surface area (Å²) < 4.78 is 14.3. The van der Waals surface area contributed by atoms with Gasteiger partial charge in [-0.2, -0.15) is 5.10 Å². The van der Waals surface area contributed by atoms with Crippen molar-refractivity contribution < 1.29 is 9.18 Å². The number of benzene rings is 1. The third-order valence-electron chi connectivity index (χ3n) is 2.12. The molecule has 2 rings (SSSR count). The van der Waals surface area contributed by atoms with Gasteiger partial charge in [0, 0.05) is 18.8 Å². The molecule has 0 saturated heterocycles. The van der Waals surface area contributed by atoms with Crippen molar-refractivity contribution in [2.24, 2.45) is 7.05 Å². The van der Waals surface area contributed by atoms with Crippen LogP contribution >= 0.6 is 0 Å². The van der Waals surface area contributed by atoms with Crippen LogP contribution in [0.25, 0.3) is 11.1 Å². The van der Waals surface area contributed by atoms with Gasteiger partial charge in [0.1, 0.15) is 11.5 Å². The summed E-state index contributed by atoms with van der Waals surface area (Å²) in [5.41, 5.74) is 1.86. The van der Waals surface area contributed by atoms with Crippen LogP contribution in [0.3, 0.4) is 0 Å². The average molecular weight is 204 g/mol. The van der Waals surface area contributed by atoms with Crippen molar-refractivity contribution in [3.63, 3.8) is 0 Å². The molecule has 0 amide bonds. The molecule has 0 bridgehead atoms. The topological polar surface area (TPSA) is 34.9 Å². The highest BCUT2D eigenvalue weighted by atomic mass is 19.1. The summed E-state index contributed by atoms with van der Waals surface area (Å²) in [5, 5.41) is 3.98. The number of hydrogen-bond donors (Lipinski definition) is 0. The van der Waals surface area contributed by atoms with Gasteiger partial charge in [-0.1, -0.05) is 12.1 Å². The van der Waals surface area contributed by atoms with Crippen LogP contribution in [-0.4, -0.2) is 16.1 Å². The maximum atomic E-state index is 12.7. The average Bonchev–Trinajstić information content (AvgIpc) is 2.61. The molecule has 0 aliphatic rings. The molecule has 0 N–H and O–H groups in total. The number of aldehydes is 1. The predicted molar refractivity (Wildman–Crippen MR) is 54.0 cm³/mol. The largest absolute Gasteiger partial charge is 0.296 e. The molecule has 0 spiro atoms. The number of halogens is 1. The van der Waals surface area contributed by atoms with E-state index in [0.717, 1.165) is 5.56 Å².